The van der Waals surface area contributed by atoms with Gasteiger partial charge in [-0.15, -0.1) is 0 Å². The summed E-state index contributed by atoms with van der Waals surface area (Å²) in [6, 6.07) is 11.8. The molecule has 2 aromatic carbocycles. The number of methoxy groups -OCH3 is 1. The molecule has 0 radical (unpaired) electrons. The zero-order valence-corrected chi connectivity index (χ0v) is 17.0. The van der Waals surface area contributed by atoms with Crippen LogP contribution in [0.2, 0.25) is 0 Å². The number of hydrogen-bond acceptors (Lipinski definition) is 5. The van der Waals surface area contributed by atoms with E-state index in [4.69, 9.17) is 4.74 Å². The molecule has 1 aliphatic heterocycles. The van der Waals surface area contributed by atoms with Crippen molar-refractivity contribution < 1.29 is 32.4 Å². The molecule has 1 saturated heterocycles. The van der Waals surface area contributed by atoms with E-state index in [-0.39, 0.29) is 24.2 Å². The maximum Gasteiger partial charge on any atom is 0.406 e. The van der Waals surface area contributed by atoms with E-state index in [1.807, 2.05) is 0 Å². The van der Waals surface area contributed by atoms with Crippen molar-refractivity contribution in [2.75, 3.05) is 25.1 Å². The van der Waals surface area contributed by atoms with Gasteiger partial charge in [-0.25, -0.2) is 0 Å². The molecular weight excluding hydrogens is 431 g/mol. The molecule has 1 aliphatic rings. The van der Waals surface area contributed by atoms with Crippen molar-refractivity contribution >= 4 is 23.2 Å². The Morgan fingerprint density at radius 3 is 2.62 bits per heavy atom. The number of anilines is 1. The van der Waals surface area contributed by atoms with Gasteiger partial charge in [-0.05, 0) is 12.1 Å². The SMILES string of the molecule is COc1cccc(N2CC(C(=O)N(Cc3ccccc3[N+](=O)[O-])CC(F)(F)F)CC2=O)c1. The molecule has 170 valence electrons. The summed E-state index contributed by atoms with van der Waals surface area (Å²) < 4.78 is 44.7. The Kier molecular flexibility index (Phi) is 6.66. The van der Waals surface area contributed by atoms with E-state index < -0.39 is 41.9 Å². The lowest BCUT2D eigenvalue weighted by Crippen LogP contribution is -2.42. The minimum absolute atomic E-state index is 0.0240. The number of nitrogens with zero attached hydrogens (tertiary/aromatic N) is 3. The molecule has 2 amide bonds. The van der Waals surface area contributed by atoms with Gasteiger partial charge in [-0.2, -0.15) is 13.2 Å². The number of ether oxygens (including phenoxy) is 1. The van der Waals surface area contributed by atoms with Crippen molar-refractivity contribution in [3.8, 4) is 5.75 Å². The quantitative estimate of drug-likeness (QED) is 0.474. The smallest absolute Gasteiger partial charge is 0.406 e. The van der Waals surface area contributed by atoms with Crippen LogP contribution in [0.4, 0.5) is 24.5 Å². The highest BCUT2D eigenvalue weighted by atomic mass is 19.4. The second kappa shape index (κ2) is 9.25. The third kappa shape index (κ3) is 5.34. The first-order valence-electron chi connectivity index (χ1n) is 9.61. The molecule has 0 bridgehead atoms. The van der Waals surface area contributed by atoms with E-state index in [0.717, 1.165) is 6.07 Å². The number of para-hydroxylation sites is 1. The van der Waals surface area contributed by atoms with Crippen molar-refractivity contribution in [2.45, 2.75) is 19.1 Å². The van der Waals surface area contributed by atoms with E-state index >= 15 is 0 Å². The topological polar surface area (TPSA) is 93.0 Å². The average molecular weight is 451 g/mol. The summed E-state index contributed by atoms with van der Waals surface area (Å²) in [6.45, 7) is -2.28. The number of hydrogen-bond donors (Lipinski definition) is 0. The maximum absolute atomic E-state index is 13.2. The third-order valence-corrected chi connectivity index (χ3v) is 5.07. The molecule has 1 atom stereocenters. The first kappa shape index (κ1) is 23.0. The predicted octanol–water partition coefficient (Wildman–Crippen LogP) is 3.55. The highest BCUT2D eigenvalue weighted by Crippen LogP contribution is 2.31. The van der Waals surface area contributed by atoms with Gasteiger partial charge in [0, 0.05) is 36.3 Å². The number of amides is 2. The Labute approximate surface area is 181 Å². The molecule has 0 spiro atoms. The lowest BCUT2D eigenvalue weighted by molar-refractivity contribution is -0.385. The normalized spacial score (nSPS) is 16.2. The fourth-order valence-corrected chi connectivity index (χ4v) is 3.62. The lowest BCUT2D eigenvalue weighted by Gasteiger charge is -2.26. The van der Waals surface area contributed by atoms with Crippen LogP contribution in [0.15, 0.2) is 48.5 Å². The fraction of sp³-hybridized carbons (Fsp3) is 0.333. The summed E-state index contributed by atoms with van der Waals surface area (Å²) in [5, 5.41) is 11.2. The number of alkyl halides is 3. The van der Waals surface area contributed by atoms with Gasteiger partial charge in [-0.3, -0.25) is 19.7 Å². The molecule has 3 rings (SSSR count). The number of rotatable bonds is 7. The van der Waals surface area contributed by atoms with Crippen LogP contribution in [-0.4, -0.2) is 48.0 Å². The Balaban J connectivity index is 1.84. The van der Waals surface area contributed by atoms with Crippen LogP contribution in [0, 0.1) is 16.0 Å². The molecule has 0 saturated carbocycles. The Morgan fingerprint density at radius 1 is 1.25 bits per heavy atom. The average Bonchev–Trinajstić information content (AvgIpc) is 3.13. The van der Waals surface area contributed by atoms with Gasteiger partial charge in [0.2, 0.25) is 11.8 Å². The number of carbonyl (C=O) groups excluding carboxylic acids is 2. The molecule has 0 aromatic heterocycles. The second-order valence-electron chi connectivity index (χ2n) is 7.30. The molecule has 1 unspecified atom stereocenters. The van der Waals surface area contributed by atoms with Gasteiger partial charge >= 0.3 is 6.18 Å². The summed E-state index contributed by atoms with van der Waals surface area (Å²) in [4.78, 5) is 37.9. The first-order valence-corrected chi connectivity index (χ1v) is 9.61. The van der Waals surface area contributed by atoms with Crippen molar-refractivity contribution in [3.63, 3.8) is 0 Å². The highest BCUT2D eigenvalue weighted by molar-refractivity contribution is 6.00. The van der Waals surface area contributed by atoms with Gasteiger partial charge < -0.3 is 14.5 Å². The first-order chi connectivity index (χ1) is 15.1. The maximum atomic E-state index is 13.2. The van der Waals surface area contributed by atoms with Crippen LogP contribution in [0.1, 0.15) is 12.0 Å². The Bertz CT molecular complexity index is 1030. The molecule has 1 fully saturated rings. The van der Waals surface area contributed by atoms with Gasteiger partial charge in [0.25, 0.3) is 5.69 Å². The largest absolute Gasteiger partial charge is 0.497 e. The number of nitro groups is 1. The zero-order valence-electron chi connectivity index (χ0n) is 17.0. The number of nitro benzene ring substituents is 1. The van der Waals surface area contributed by atoms with Crippen LogP contribution in [0.5, 0.6) is 5.75 Å². The van der Waals surface area contributed by atoms with Crippen molar-refractivity contribution in [1.82, 2.24) is 4.90 Å². The molecule has 2 aromatic rings. The number of benzene rings is 2. The summed E-state index contributed by atoms with van der Waals surface area (Å²) in [7, 11) is 1.45. The van der Waals surface area contributed by atoms with E-state index in [0.29, 0.717) is 16.3 Å². The predicted molar refractivity (Wildman–Crippen MR) is 108 cm³/mol. The van der Waals surface area contributed by atoms with Crippen LogP contribution in [0.25, 0.3) is 0 Å². The van der Waals surface area contributed by atoms with E-state index in [9.17, 15) is 32.9 Å². The standard InChI is InChI=1S/C21H20F3N3O5/c1-32-17-7-4-6-16(10-17)26-12-15(9-19(26)28)20(29)25(13-21(22,23)24)11-14-5-2-3-8-18(14)27(30)31/h2-8,10,15H,9,11-13H2,1H3. The molecular formula is C21H20F3N3O5. The van der Waals surface area contributed by atoms with E-state index in [1.54, 1.807) is 24.3 Å². The molecule has 32 heavy (non-hydrogen) atoms. The van der Waals surface area contributed by atoms with Gasteiger partial charge in [0.15, 0.2) is 0 Å². The fourth-order valence-electron chi connectivity index (χ4n) is 3.62. The van der Waals surface area contributed by atoms with E-state index in [1.165, 1.54) is 30.2 Å². The van der Waals surface area contributed by atoms with Crippen molar-refractivity contribution in [2.24, 2.45) is 5.92 Å². The third-order valence-electron chi connectivity index (χ3n) is 5.07. The van der Waals surface area contributed by atoms with Crippen LogP contribution in [-0.2, 0) is 16.1 Å². The summed E-state index contributed by atoms with van der Waals surface area (Å²) in [5.74, 6) is -1.83. The van der Waals surface area contributed by atoms with Crippen LogP contribution < -0.4 is 9.64 Å². The minimum atomic E-state index is -4.71. The second-order valence-corrected chi connectivity index (χ2v) is 7.30. The summed E-state index contributed by atoms with van der Waals surface area (Å²) >= 11 is 0. The van der Waals surface area contributed by atoms with Gasteiger partial charge in [0.05, 0.1) is 24.5 Å². The lowest BCUT2D eigenvalue weighted by atomic mass is 10.1. The zero-order chi connectivity index (χ0) is 23.5. The molecule has 1 heterocycles. The molecule has 8 nitrogen and oxygen atoms in total. The van der Waals surface area contributed by atoms with Gasteiger partial charge in [-0.1, -0.05) is 24.3 Å². The van der Waals surface area contributed by atoms with E-state index in [2.05, 4.69) is 0 Å². The van der Waals surface area contributed by atoms with Crippen molar-refractivity contribution in [1.29, 1.82) is 0 Å². The molecule has 11 heteroatoms. The van der Waals surface area contributed by atoms with Gasteiger partial charge in [0.1, 0.15) is 12.3 Å². The Morgan fingerprint density at radius 2 is 1.97 bits per heavy atom. The minimum Gasteiger partial charge on any atom is -0.497 e. The number of halogens is 3. The summed E-state index contributed by atoms with van der Waals surface area (Å²) in [5.41, 5.74) is 0.0581. The molecule has 0 aliphatic carbocycles. The highest BCUT2D eigenvalue weighted by Gasteiger charge is 2.41. The summed E-state index contributed by atoms with van der Waals surface area (Å²) in [6.07, 6.45) is -4.98. The van der Waals surface area contributed by atoms with Crippen LogP contribution in [0.3, 0.4) is 0 Å². The van der Waals surface area contributed by atoms with Crippen molar-refractivity contribution in [3.05, 3.63) is 64.2 Å². The molecule has 0 N–H and O–H groups in total. The van der Waals surface area contributed by atoms with Crippen LogP contribution >= 0.6 is 0 Å². The number of carbonyl (C=O) groups is 2. The Hall–Kier alpha value is -3.63. The monoisotopic (exact) mass is 451 g/mol.